The molecule has 0 saturated carbocycles. The van der Waals surface area contributed by atoms with Crippen molar-refractivity contribution < 1.29 is 13.9 Å². The van der Waals surface area contributed by atoms with Crippen molar-refractivity contribution in [3.8, 4) is 0 Å². The van der Waals surface area contributed by atoms with Crippen molar-refractivity contribution in [3.63, 3.8) is 0 Å². The summed E-state index contributed by atoms with van der Waals surface area (Å²) in [6.07, 6.45) is 4.72. The molecule has 0 amide bonds. The summed E-state index contributed by atoms with van der Waals surface area (Å²) in [6, 6.07) is 32.3. The van der Waals surface area contributed by atoms with Crippen LogP contribution in [0.5, 0.6) is 0 Å². The summed E-state index contributed by atoms with van der Waals surface area (Å²) in [5.41, 5.74) is -0.944. The predicted molar refractivity (Wildman–Crippen MR) is 172 cm³/mol. The van der Waals surface area contributed by atoms with Crippen LogP contribution >= 0.6 is 0 Å². The fourth-order valence-electron chi connectivity index (χ4n) is 6.15. The van der Waals surface area contributed by atoms with Crippen LogP contribution in [0.2, 0.25) is 5.04 Å². The van der Waals surface area contributed by atoms with Crippen LogP contribution in [0.3, 0.4) is 0 Å². The molecular formula is C35H40N2O5Si. The van der Waals surface area contributed by atoms with E-state index < -0.39 is 37.5 Å². The summed E-state index contributed by atoms with van der Waals surface area (Å²) >= 11 is 0. The number of H-pyrrole nitrogens is 1. The highest BCUT2D eigenvalue weighted by molar-refractivity contribution is 6.99. The zero-order valence-electron chi connectivity index (χ0n) is 25.2. The zero-order chi connectivity index (χ0) is 30.5. The molecule has 1 saturated heterocycles. The molecule has 3 aromatic carbocycles. The number of benzene rings is 3. The van der Waals surface area contributed by atoms with Crippen molar-refractivity contribution in [2.24, 2.45) is 0 Å². The third kappa shape index (κ3) is 6.28. The second kappa shape index (κ2) is 12.8. The largest absolute Gasteiger partial charge is 0.404 e. The number of aromatic amines is 1. The van der Waals surface area contributed by atoms with Crippen LogP contribution in [0, 0.1) is 0 Å². The van der Waals surface area contributed by atoms with Crippen molar-refractivity contribution >= 4 is 18.7 Å². The number of aromatic nitrogens is 2. The van der Waals surface area contributed by atoms with Gasteiger partial charge >= 0.3 is 5.69 Å². The molecule has 7 nitrogen and oxygen atoms in total. The Kier molecular flexibility index (Phi) is 9.13. The van der Waals surface area contributed by atoms with E-state index in [0.717, 1.165) is 15.9 Å². The van der Waals surface area contributed by atoms with Crippen molar-refractivity contribution in [1.29, 1.82) is 0 Å². The highest BCUT2D eigenvalue weighted by atomic mass is 28.4. The fourth-order valence-corrected chi connectivity index (χ4v) is 10.7. The monoisotopic (exact) mass is 596 g/mol. The van der Waals surface area contributed by atoms with Crippen LogP contribution in [-0.4, -0.2) is 36.2 Å². The van der Waals surface area contributed by atoms with Gasteiger partial charge in [0.05, 0.1) is 19.3 Å². The first kappa shape index (κ1) is 30.6. The Morgan fingerprint density at radius 1 is 0.930 bits per heavy atom. The van der Waals surface area contributed by atoms with Gasteiger partial charge in [0.1, 0.15) is 11.8 Å². The van der Waals surface area contributed by atoms with Gasteiger partial charge in [0.2, 0.25) is 0 Å². The van der Waals surface area contributed by atoms with E-state index in [2.05, 4.69) is 74.3 Å². The number of hydrogen-bond donors (Lipinski definition) is 1. The van der Waals surface area contributed by atoms with Gasteiger partial charge in [0.25, 0.3) is 13.9 Å². The van der Waals surface area contributed by atoms with E-state index >= 15 is 0 Å². The van der Waals surface area contributed by atoms with Gasteiger partial charge in [-0.2, -0.15) is 0 Å². The Morgan fingerprint density at radius 2 is 1.51 bits per heavy atom. The van der Waals surface area contributed by atoms with Gasteiger partial charge in [-0.3, -0.25) is 14.3 Å². The molecule has 1 fully saturated rings. The van der Waals surface area contributed by atoms with Crippen LogP contribution in [-0.2, 0) is 20.5 Å². The molecule has 43 heavy (non-hydrogen) atoms. The van der Waals surface area contributed by atoms with Gasteiger partial charge in [-0.1, -0.05) is 124 Å². The van der Waals surface area contributed by atoms with Gasteiger partial charge in [-0.15, -0.1) is 0 Å². The summed E-state index contributed by atoms with van der Waals surface area (Å²) in [7, 11) is -2.91. The second-order valence-corrected chi connectivity index (χ2v) is 16.3. The number of hydrogen-bond acceptors (Lipinski definition) is 5. The van der Waals surface area contributed by atoms with E-state index in [4.69, 9.17) is 13.9 Å². The summed E-state index contributed by atoms with van der Waals surface area (Å²) in [6.45, 7) is 9.25. The molecule has 2 heterocycles. The summed E-state index contributed by atoms with van der Waals surface area (Å²) in [4.78, 5) is 27.0. The minimum absolute atomic E-state index is 0.207. The molecule has 0 spiro atoms. The molecule has 8 heteroatoms. The highest BCUT2D eigenvalue weighted by Crippen LogP contribution is 2.43. The quantitative estimate of drug-likeness (QED) is 0.207. The minimum Gasteiger partial charge on any atom is -0.404 e. The lowest BCUT2D eigenvalue weighted by Gasteiger charge is -2.45. The Hall–Kier alpha value is -3.82. The molecule has 0 bridgehead atoms. The van der Waals surface area contributed by atoms with Gasteiger partial charge in [-0.25, -0.2) is 4.79 Å². The molecule has 0 unspecified atom stereocenters. The summed E-state index contributed by atoms with van der Waals surface area (Å²) in [5.74, 6) is 0. The average Bonchev–Trinajstić information content (AvgIpc) is 3.35. The minimum atomic E-state index is -2.91. The molecule has 0 aliphatic carbocycles. The first-order valence-electron chi connectivity index (χ1n) is 14.7. The summed E-state index contributed by atoms with van der Waals surface area (Å²) < 4.78 is 22.2. The van der Waals surface area contributed by atoms with Crippen LogP contribution in [0.1, 0.15) is 45.9 Å². The molecule has 1 aliphatic rings. The number of ether oxygens (including phenoxy) is 2. The van der Waals surface area contributed by atoms with Gasteiger partial charge in [0.15, 0.2) is 0 Å². The lowest BCUT2D eigenvalue weighted by Crippen LogP contribution is -2.68. The van der Waals surface area contributed by atoms with E-state index in [0.29, 0.717) is 13.0 Å². The SMILES string of the molecule is C/C=C\[C@]1(CO[Si](c2ccccc2)(c2ccccc2)C(C)(C)C)O[C@@H](n2ccc(=O)[nH]c2=O)C[C@@H]1OCc1ccccc1. The first-order chi connectivity index (χ1) is 20.7. The molecule has 3 atom stereocenters. The molecular weight excluding hydrogens is 556 g/mol. The smallest absolute Gasteiger partial charge is 0.330 e. The number of nitrogens with one attached hydrogen (secondary N) is 1. The molecule has 4 aromatic rings. The lowest BCUT2D eigenvalue weighted by molar-refractivity contribution is -0.112. The topological polar surface area (TPSA) is 82.5 Å². The lowest BCUT2D eigenvalue weighted by atomic mass is 9.96. The zero-order valence-corrected chi connectivity index (χ0v) is 26.2. The van der Waals surface area contributed by atoms with Crippen LogP contribution in [0.15, 0.2) is 125 Å². The molecule has 1 aromatic heterocycles. The van der Waals surface area contributed by atoms with Crippen LogP contribution in [0.4, 0.5) is 0 Å². The third-order valence-corrected chi connectivity index (χ3v) is 13.1. The molecule has 1 aliphatic heterocycles. The Morgan fingerprint density at radius 3 is 2.05 bits per heavy atom. The maximum atomic E-state index is 12.8. The van der Waals surface area contributed by atoms with Gasteiger partial charge in [0, 0.05) is 18.7 Å². The number of allylic oxidation sites excluding steroid dienone is 1. The van der Waals surface area contributed by atoms with E-state index in [1.807, 2.05) is 61.5 Å². The molecule has 5 rings (SSSR count). The third-order valence-electron chi connectivity index (χ3n) is 8.15. The van der Waals surface area contributed by atoms with E-state index in [1.54, 1.807) is 0 Å². The summed E-state index contributed by atoms with van der Waals surface area (Å²) in [5, 5.41) is 2.09. The van der Waals surface area contributed by atoms with Gasteiger partial charge < -0.3 is 13.9 Å². The molecule has 0 radical (unpaired) electrons. The Balaban J connectivity index is 1.58. The maximum absolute atomic E-state index is 12.8. The van der Waals surface area contributed by atoms with E-state index in [-0.39, 0.29) is 11.6 Å². The fraction of sp³-hybridized carbons (Fsp3) is 0.314. The standard InChI is InChI=1S/C35H40N2O5Si/c1-5-22-35(26-41-43(34(2,3)4,28-17-11-7-12-18-28)29-19-13-8-14-20-29)30(40-25-27-15-9-6-10-16-27)24-32(42-35)37-23-21-31(38)36-33(37)39/h5-23,30,32H,24-26H2,1-4H3,(H,36,38,39)/b22-5-/t30-,32+,35+/m0/s1. The van der Waals surface area contributed by atoms with E-state index in [9.17, 15) is 9.59 Å². The van der Waals surface area contributed by atoms with E-state index in [1.165, 1.54) is 16.8 Å². The van der Waals surface area contributed by atoms with Crippen molar-refractivity contribution in [3.05, 3.63) is 142 Å². The maximum Gasteiger partial charge on any atom is 0.330 e. The van der Waals surface area contributed by atoms with Crippen molar-refractivity contribution in [2.75, 3.05) is 6.61 Å². The van der Waals surface area contributed by atoms with Gasteiger partial charge in [-0.05, 0) is 27.9 Å². The Labute approximate surface area is 253 Å². The normalized spacial score (nSPS) is 20.9. The van der Waals surface area contributed by atoms with Crippen LogP contribution < -0.4 is 21.6 Å². The van der Waals surface area contributed by atoms with Crippen molar-refractivity contribution in [1.82, 2.24) is 9.55 Å². The second-order valence-electron chi connectivity index (χ2n) is 12.0. The predicted octanol–water partition coefficient (Wildman–Crippen LogP) is 4.93. The Bertz CT molecular complexity index is 1590. The number of rotatable bonds is 10. The van der Waals surface area contributed by atoms with Crippen LogP contribution in [0.25, 0.3) is 0 Å². The first-order valence-corrected chi connectivity index (χ1v) is 16.6. The molecule has 1 N–H and O–H groups in total. The average molecular weight is 597 g/mol. The molecule has 224 valence electrons. The number of nitrogens with zero attached hydrogens (tertiary/aromatic N) is 1. The highest BCUT2D eigenvalue weighted by Gasteiger charge is 2.55. The van der Waals surface area contributed by atoms with Crippen molar-refractivity contribution in [2.45, 2.75) is 63.7 Å².